The van der Waals surface area contributed by atoms with E-state index < -0.39 is 5.25 Å². The molecular weight excluding hydrogens is 398 g/mol. The van der Waals surface area contributed by atoms with Gasteiger partial charge in [0.05, 0.1) is 28.4 Å². The van der Waals surface area contributed by atoms with Crippen LogP contribution in [-0.2, 0) is 9.53 Å². The van der Waals surface area contributed by atoms with E-state index in [1.165, 1.54) is 16.3 Å². The third kappa shape index (κ3) is 4.55. The van der Waals surface area contributed by atoms with Gasteiger partial charge in [-0.15, -0.1) is 0 Å². The van der Waals surface area contributed by atoms with Gasteiger partial charge in [-0.05, 0) is 37.3 Å². The smallest absolute Gasteiger partial charge is 0.266 e. The van der Waals surface area contributed by atoms with Crippen molar-refractivity contribution >= 4 is 40.2 Å². The van der Waals surface area contributed by atoms with E-state index in [1.54, 1.807) is 56.5 Å². The molecule has 1 N–H and O–H groups in total. The molecule has 0 aliphatic heterocycles. The molecule has 8 heteroatoms. The summed E-state index contributed by atoms with van der Waals surface area (Å²) in [6, 6.07) is 14.1. The Bertz CT molecular complexity index is 1050. The Morgan fingerprint density at radius 2 is 2.07 bits per heavy atom. The quantitative estimate of drug-likeness (QED) is 0.363. The van der Waals surface area contributed by atoms with E-state index in [0.717, 1.165) is 0 Å². The van der Waals surface area contributed by atoms with Crippen molar-refractivity contribution in [2.45, 2.75) is 17.3 Å². The zero-order valence-corrected chi connectivity index (χ0v) is 17.1. The normalized spacial score (nSPS) is 12.1. The second-order valence-corrected chi connectivity index (χ2v) is 7.82. The largest absolute Gasteiger partial charge is 0.383 e. The number of carbonyl (C=O) groups is 1. The third-order valence-electron chi connectivity index (χ3n) is 4.07. The predicted octanol–water partition coefficient (Wildman–Crippen LogP) is 3.28. The van der Waals surface area contributed by atoms with Crippen LogP contribution in [0.4, 0.5) is 0 Å². The summed E-state index contributed by atoms with van der Waals surface area (Å²) in [5.41, 5.74) is 0.980. The molecule has 3 aromatic rings. The number of ether oxygens (including phenoxy) is 1. The lowest BCUT2D eigenvalue weighted by Gasteiger charge is -2.16. The van der Waals surface area contributed by atoms with E-state index >= 15 is 0 Å². The number of amides is 1. The van der Waals surface area contributed by atoms with E-state index in [-0.39, 0.29) is 11.5 Å². The van der Waals surface area contributed by atoms with Gasteiger partial charge >= 0.3 is 0 Å². The molecule has 1 atom stereocenters. The summed E-state index contributed by atoms with van der Waals surface area (Å²) in [5.74, 6) is -0.151. The van der Waals surface area contributed by atoms with E-state index in [0.29, 0.717) is 39.9 Å². The lowest BCUT2D eigenvalue weighted by atomic mass is 10.2. The first-order valence-electron chi connectivity index (χ1n) is 8.72. The third-order valence-corrected chi connectivity index (χ3v) is 5.36. The van der Waals surface area contributed by atoms with Crippen LogP contribution in [0.3, 0.4) is 0 Å². The van der Waals surface area contributed by atoms with Crippen molar-refractivity contribution < 1.29 is 9.53 Å². The fraction of sp³-hybridized carbons (Fsp3) is 0.250. The summed E-state index contributed by atoms with van der Waals surface area (Å²) in [4.78, 5) is 30.2. The molecule has 0 saturated heterocycles. The van der Waals surface area contributed by atoms with Crippen LogP contribution in [0.15, 0.2) is 58.5 Å². The molecule has 1 heterocycles. The number of aromatic nitrogens is 2. The second-order valence-electron chi connectivity index (χ2n) is 6.08. The molecule has 0 fully saturated rings. The first kappa shape index (κ1) is 20.4. The van der Waals surface area contributed by atoms with Crippen LogP contribution < -0.4 is 10.9 Å². The van der Waals surface area contributed by atoms with Crippen molar-refractivity contribution in [3.8, 4) is 5.69 Å². The Labute approximate surface area is 171 Å². The van der Waals surface area contributed by atoms with Gasteiger partial charge in [0.15, 0.2) is 5.16 Å². The number of fused-ring (bicyclic) bond motifs is 1. The highest BCUT2D eigenvalue weighted by atomic mass is 35.5. The van der Waals surface area contributed by atoms with Crippen molar-refractivity contribution in [3.05, 3.63) is 63.9 Å². The van der Waals surface area contributed by atoms with Crippen molar-refractivity contribution in [1.82, 2.24) is 14.9 Å². The van der Waals surface area contributed by atoms with Gasteiger partial charge in [0.2, 0.25) is 5.91 Å². The Morgan fingerprint density at radius 1 is 1.29 bits per heavy atom. The molecule has 28 heavy (non-hydrogen) atoms. The topological polar surface area (TPSA) is 73.2 Å². The van der Waals surface area contributed by atoms with Gasteiger partial charge in [-0.1, -0.05) is 41.6 Å². The molecule has 6 nitrogen and oxygen atoms in total. The van der Waals surface area contributed by atoms with Crippen molar-refractivity contribution in [2.24, 2.45) is 0 Å². The van der Waals surface area contributed by atoms with Gasteiger partial charge in [0.1, 0.15) is 0 Å². The van der Waals surface area contributed by atoms with Crippen molar-refractivity contribution in [3.63, 3.8) is 0 Å². The zero-order valence-electron chi connectivity index (χ0n) is 15.5. The summed E-state index contributed by atoms with van der Waals surface area (Å²) in [6.07, 6.45) is 0. The number of benzene rings is 2. The standard InChI is InChI=1S/C20H20ClN3O3S/c1-13(18(25)22-10-11-27-2)28-20-23-17-9-4-3-8-16(17)19(26)24(20)15-7-5-6-14(21)12-15/h3-9,12-13H,10-11H2,1-2H3,(H,22,25)/t13-/m1/s1. The SMILES string of the molecule is COCCNC(=O)[C@@H](C)Sc1nc2ccccc2c(=O)n1-c1cccc(Cl)c1. The summed E-state index contributed by atoms with van der Waals surface area (Å²) in [5, 5.41) is 3.80. The van der Waals surface area contributed by atoms with E-state index in [4.69, 9.17) is 16.3 Å². The zero-order chi connectivity index (χ0) is 20.1. The minimum absolute atomic E-state index is 0.151. The maximum Gasteiger partial charge on any atom is 0.266 e. The number of hydrogen-bond donors (Lipinski definition) is 1. The van der Waals surface area contributed by atoms with Gasteiger partial charge in [0, 0.05) is 18.7 Å². The Hall–Kier alpha value is -2.35. The van der Waals surface area contributed by atoms with Gasteiger partial charge in [-0.25, -0.2) is 4.98 Å². The predicted molar refractivity (Wildman–Crippen MR) is 113 cm³/mol. The first-order chi connectivity index (χ1) is 13.5. The van der Waals surface area contributed by atoms with Crippen LogP contribution in [0, 0.1) is 0 Å². The number of nitrogens with one attached hydrogen (secondary N) is 1. The van der Waals surface area contributed by atoms with Crippen LogP contribution >= 0.6 is 23.4 Å². The summed E-state index contributed by atoms with van der Waals surface area (Å²) in [7, 11) is 1.58. The van der Waals surface area contributed by atoms with E-state index in [9.17, 15) is 9.59 Å². The minimum Gasteiger partial charge on any atom is -0.383 e. The van der Waals surface area contributed by atoms with Crippen LogP contribution in [0.25, 0.3) is 16.6 Å². The Balaban J connectivity index is 2.04. The molecule has 0 unspecified atom stereocenters. The lowest BCUT2D eigenvalue weighted by Crippen LogP contribution is -2.34. The number of methoxy groups -OCH3 is 1. The number of carbonyl (C=O) groups excluding carboxylic acids is 1. The van der Waals surface area contributed by atoms with Crippen LogP contribution in [0.2, 0.25) is 5.02 Å². The number of para-hydroxylation sites is 1. The molecule has 146 valence electrons. The van der Waals surface area contributed by atoms with Gasteiger partial charge in [-0.3, -0.25) is 14.2 Å². The average Bonchev–Trinajstić information content (AvgIpc) is 2.68. The molecule has 0 aliphatic rings. The summed E-state index contributed by atoms with van der Waals surface area (Å²) in [6.45, 7) is 2.63. The monoisotopic (exact) mass is 417 g/mol. The Kier molecular flexibility index (Phi) is 6.72. The second kappa shape index (κ2) is 9.23. The van der Waals surface area contributed by atoms with Crippen molar-refractivity contribution in [2.75, 3.05) is 20.3 Å². The number of hydrogen-bond acceptors (Lipinski definition) is 5. The van der Waals surface area contributed by atoms with Gasteiger partial charge in [-0.2, -0.15) is 0 Å². The summed E-state index contributed by atoms with van der Waals surface area (Å²) < 4.78 is 6.45. The van der Waals surface area contributed by atoms with Gasteiger partial charge < -0.3 is 10.1 Å². The maximum absolute atomic E-state index is 13.2. The minimum atomic E-state index is -0.449. The average molecular weight is 418 g/mol. The fourth-order valence-corrected chi connectivity index (χ4v) is 3.80. The molecule has 3 rings (SSSR count). The molecule has 0 spiro atoms. The molecule has 0 radical (unpaired) electrons. The van der Waals surface area contributed by atoms with Gasteiger partial charge in [0.25, 0.3) is 5.56 Å². The van der Waals surface area contributed by atoms with Crippen LogP contribution in [0.1, 0.15) is 6.92 Å². The number of nitrogens with zero attached hydrogens (tertiary/aromatic N) is 2. The number of rotatable bonds is 7. The van der Waals surface area contributed by atoms with Crippen molar-refractivity contribution in [1.29, 1.82) is 0 Å². The molecule has 0 saturated carbocycles. The highest BCUT2D eigenvalue weighted by Crippen LogP contribution is 2.26. The first-order valence-corrected chi connectivity index (χ1v) is 9.98. The number of thioether (sulfide) groups is 1. The number of halogens is 1. The molecule has 1 amide bonds. The lowest BCUT2D eigenvalue weighted by molar-refractivity contribution is -0.120. The molecular formula is C20H20ClN3O3S. The maximum atomic E-state index is 13.2. The molecule has 2 aromatic carbocycles. The van der Waals surface area contributed by atoms with Crippen LogP contribution in [0.5, 0.6) is 0 Å². The summed E-state index contributed by atoms with van der Waals surface area (Å²) >= 11 is 7.35. The van der Waals surface area contributed by atoms with E-state index in [2.05, 4.69) is 10.3 Å². The van der Waals surface area contributed by atoms with E-state index in [1.807, 2.05) is 6.07 Å². The Morgan fingerprint density at radius 3 is 2.82 bits per heavy atom. The fourth-order valence-electron chi connectivity index (χ4n) is 2.67. The highest BCUT2D eigenvalue weighted by molar-refractivity contribution is 8.00. The molecule has 1 aromatic heterocycles. The molecule has 0 aliphatic carbocycles. The highest BCUT2D eigenvalue weighted by Gasteiger charge is 2.20. The van der Waals surface area contributed by atoms with Crippen LogP contribution in [-0.4, -0.2) is 41.0 Å². The molecule has 0 bridgehead atoms.